The van der Waals surface area contributed by atoms with Crippen molar-refractivity contribution in [1.29, 1.82) is 0 Å². The molecule has 0 atom stereocenters. The molecule has 2 aromatic rings. The van der Waals surface area contributed by atoms with E-state index in [1.165, 1.54) is 0 Å². The summed E-state index contributed by atoms with van der Waals surface area (Å²) in [4.78, 5) is 36.4. The van der Waals surface area contributed by atoms with Gasteiger partial charge in [0.05, 0.1) is 19.6 Å². The van der Waals surface area contributed by atoms with E-state index in [0.29, 0.717) is 18.7 Å². The second-order valence-electron chi connectivity index (χ2n) is 5.75. The van der Waals surface area contributed by atoms with Gasteiger partial charge in [-0.3, -0.25) is 14.5 Å². The van der Waals surface area contributed by atoms with Crippen LogP contribution in [0.15, 0.2) is 54.6 Å². The van der Waals surface area contributed by atoms with E-state index in [2.05, 4.69) is 10.6 Å². The first-order valence-corrected chi connectivity index (χ1v) is 8.26. The quantitative estimate of drug-likeness (QED) is 0.584. The zero-order valence-corrected chi connectivity index (χ0v) is 14.1. The molecule has 0 aromatic heterocycles. The smallest absolute Gasteiger partial charge is 0.324 e. The number of carbonyl (C=O) groups excluding carboxylic acids is 3. The second kappa shape index (κ2) is 8.15. The first kappa shape index (κ1) is 17.5. The molecule has 1 aliphatic rings. The minimum Gasteiger partial charge on any atom is -0.492 e. The van der Waals surface area contributed by atoms with Gasteiger partial charge in [-0.1, -0.05) is 30.3 Å². The van der Waals surface area contributed by atoms with Crippen molar-refractivity contribution in [1.82, 2.24) is 15.5 Å². The molecule has 1 fully saturated rings. The van der Waals surface area contributed by atoms with Crippen LogP contribution in [0.4, 0.5) is 4.79 Å². The molecule has 0 saturated carbocycles. The van der Waals surface area contributed by atoms with Gasteiger partial charge in [-0.15, -0.1) is 0 Å². The van der Waals surface area contributed by atoms with Crippen molar-refractivity contribution in [2.24, 2.45) is 0 Å². The van der Waals surface area contributed by atoms with Gasteiger partial charge >= 0.3 is 6.03 Å². The predicted octanol–water partition coefficient (Wildman–Crippen LogP) is 1.55. The molecule has 7 nitrogen and oxygen atoms in total. The zero-order valence-electron chi connectivity index (χ0n) is 14.1. The van der Waals surface area contributed by atoms with E-state index in [-0.39, 0.29) is 24.9 Å². The van der Waals surface area contributed by atoms with Crippen molar-refractivity contribution in [3.8, 4) is 5.75 Å². The number of urea groups is 1. The van der Waals surface area contributed by atoms with E-state index in [1.54, 1.807) is 24.3 Å². The number of carbonyl (C=O) groups is 3. The Labute approximate surface area is 150 Å². The highest BCUT2D eigenvalue weighted by molar-refractivity contribution is 6.01. The van der Waals surface area contributed by atoms with Crippen LogP contribution in [0, 0.1) is 0 Å². The molecular weight excluding hydrogens is 334 g/mol. The van der Waals surface area contributed by atoms with E-state index >= 15 is 0 Å². The summed E-state index contributed by atoms with van der Waals surface area (Å²) in [6.07, 6.45) is 0. The van der Waals surface area contributed by atoms with Crippen molar-refractivity contribution < 1.29 is 19.1 Å². The Morgan fingerprint density at radius 1 is 1.08 bits per heavy atom. The van der Waals surface area contributed by atoms with Crippen molar-refractivity contribution in [2.45, 2.75) is 6.54 Å². The molecule has 0 radical (unpaired) electrons. The molecule has 0 spiro atoms. The summed E-state index contributed by atoms with van der Waals surface area (Å²) in [6.45, 7) is 0.986. The Morgan fingerprint density at radius 2 is 1.81 bits per heavy atom. The standard InChI is InChI=1S/C19H19N3O4/c23-17-12-21-19(25)22(17)13-14-6-8-15(9-7-14)18(24)20-10-11-26-16-4-2-1-3-5-16/h1-9H,10-13H2,(H,20,24)(H,21,25). The molecule has 1 saturated heterocycles. The van der Waals surface area contributed by atoms with Gasteiger partial charge in [0.1, 0.15) is 12.4 Å². The molecular formula is C19H19N3O4. The number of nitrogens with one attached hydrogen (secondary N) is 2. The number of rotatable bonds is 7. The van der Waals surface area contributed by atoms with Gasteiger partial charge in [0.2, 0.25) is 5.91 Å². The minimum absolute atomic E-state index is 0.0321. The maximum atomic E-state index is 12.1. The molecule has 2 N–H and O–H groups in total. The lowest BCUT2D eigenvalue weighted by atomic mass is 10.1. The summed E-state index contributed by atoms with van der Waals surface area (Å²) in [6, 6.07) is 15.8. The van der Waals surface area contributed by atoms with E-state index in [0.717, 1.165) is 16.2 Å². The first-order valence-electron chi connectivity index (χ1n) is 8.26. The summed E-state index contributed by atoms with van der Waals surface area (Å²) in [7, 11) is 0. The predicted molar refractivity (Wildman–Crippen MR) is 94.7 cm³/mol. The van der Waals surface area contributed by atoms with Crippen LogP contribution in [0.5, 0.6) is 5.75 Å². The van der Waals surface area contributed by atoms with Crippen LogP contribution in [-0.4, -0.2) is 42.4 Å². The summed E-state index contributed by atoms with van der Waals surface area (Å²) in [5, 5.41) is 5.25. The molecule has 0 bridgehead atoms. The third-order valence-corrected chi connectivity index (χ3v) is 3.89. The van der Waals surface area contributed by atoms with Crippen molar-refractivity contribution >= 4 is 17.8 Å². The van der Waals surface area contributed by atoms with Crippen LogP contribution in [0.25, 0.3) is 0 Å². The van der Waals surface area contributed by atoms with Crippen LogP contribution < -0.4 is 15.4 Å². The molecule has 1 heterocycles. The summed E-state index contributed by atoms with van der Waals surface area (Å²) < 4.78 is 5.52. The summed E-state index contributed by atoms with van der Waals surface area (Å²) in [5.41, 5.74) is 1.28. The van der Waals surface area contributed by atoms with Gasteiger partial charge in [0.25, 0.3) is 5.91 Å². The lowest BCUT2D eigenvalue weighted by Crippen LogP contribution is -2.30. The molecule has 134 valence electrons. The zero-order chi connectivity index (χ0) is 18.4. The first-order chi connectivity index (χ1) is 12.6. The molecule has 4 amide bonds. The van der Waals surface area contributed by atoms with Crippen molar-refractivity contribution in [3.63, 3.8) is 0 Å². The number of para-hydroxylation sites is 1. The van der Waals surface area contributed by atoms with Gasteiger partial charge in [0, 0.05) is 5.56 Å². The number of nitrogens with zero attached hydrogens (tertiary/aromatic N) is 1. The Balaban J connectivity index is 1.46. The molecule has 1 aliphatic heterocycles. The van der Waals surface area contributed by atoms with Crippen LogP contribution in [-0.2, 0) is 11.3 Å². The van der Waals surface area contributed by atoms with Gasteiger partial charge in [-0.05, 0) is 29.8 Å². The summed E-state index contributed by atoms with van der Waals surface area (Å²) >= 11 is 0. The minimum atomic E-state index is -0.393. The fourth-order valence-electron chi connectivity index (χ4n) is 2.51. The highest BCUT2D eigenvalue weighted by atomic mass is 16.5. The normalized spacial score (nSPS) is 13.5. The van der Waals surface area contributed by atoms with Crippen molar-refractivity contribution in [3.05, 3.63) is 65.7 Å². The van der Waals surface area contributed by atoms with Gasteiger partial charge in [-0.25, -0.2) is 4.79 Å². The fraction of sp³-hybridized carbons (Fsp3) is 0.211. The van der Waals surface area contributed by atoms with Crippen LogP contribution >= 0.6 is 0 Å². The second-order valence-corrected chi connectivity index (χ2v) is 5.75. The largest absolute Gasteiger partial charge is 0.492 e. The number of hydrogen-bond acceptors (Lipinski definition) is 4. The summed E-state index contributed by atoms with van der Waals surface area (Å²) in [5.74, 6) is 0.296. The number of imide groups is 1. The van der Waals surface area contributed by atoms with Crippen molar-refractivity contribution in [2.75, 3.05) is 19.7 Å². The van der Waals surface area contributed by atoms with Crippen LogP contribution in [0.1, 0.15) is 15.9 Å². The monoisotopic (exact) mass is 353 g/mol. The average Bonchev–Trinajstić information content (AvgIpc) is 2.98. The topological polar surface area (TPSA) is 87.7 Å². The maximum Gasteiger partial charge on any atom is 0.324 e. The van der Waals surface area contributed by atoms with Gasteiger partial charge in [-0.2, -0.15) is 0 Å². The number of ether oxygens (including phenoxy) is 1. The molecule has 0 aliphatic carbocycles. The van der Waals surface area contributed by atoms with Crippen LogP contribution in [0.3, 0.4) is 0 Å². The Bertz CT molecular complexity index is 774. The van der Waals surface area contributed by atoms with Gasteiger partial charge in [0.15, 0.2) is 0 Å². The number of benzene rings is 2. The highest BCUT2D eigenvalue weighted by Gasteiger charge is 2.28. The molecule has 26 heavy (non-hydrogen) atoms. The van der Waals surface area contributed by atoms with E-state index in [9.17, 15) is 14.4 Å². The maximum absolute atomic E-state index is 12.1. The Hall–Kier alpha value is -3.35. The number of amides is 4. The molecule has 7 heteroatoms. The lowest BCUT2D eigenvalue weighted by molar-refractivity contribution is -0.125. The Morgan fingerprint density at radius 3 is 2.46 bits per heavy atom. The van der Waals surface area contributed by atoms with E-state index < -0.39 is 6.03 Å². The fourth-order valence-corrected chi connectivity index (χ4v) is 2.51. The third kappa shape index (κ3) is 4.38. The lowest BCUT2D eigenvalue weighted by Gasteiger charge is -2.12. The molecule has 3 rings (SSSR count). The third-order valence-electron chi connectivity index (χ3n) is 3.89. The SMILES string of the molecule is O=C(NCCOc1ccccc1)c1ccc(CN2C(=O)CNC2=O)cc1. The van der Waals surface area contributed by atoms with Gasteiger partial charge < -0.3 is 15.4 Å². The Kier molecular flexibility index (Phi) is 5.48. The van der Waals surface area contributed by atoms with E-state index in [1.807, 2.05) is 30.3 Å². The molecule has 0 unspecified atom stereocenters. The van der Waals surface area contributed by atoms with E-state index in [4.69, 9.17) is 4.74 Å². The molecule has 2 aromatic carbocycles. The van der Waals surface area contributed by atoms with Crippen LogP contribution in [0.2, 0.25) is 0 Å². The number of hydrogen-bond donors (Lipinski definition) is 2. The average molecular weight is 353 g/mol. The highest BCUT2D eigenvalue weighted by Crippen LogP contribution is 2.11.